The van der Waals surface area contributed by atoms with E-state index in [2.05, 4.69) is 26.0 Å². The van der Waals surface area contributed by atoms with Gasteiger partial charge in [-0.25, -0.2) is 0 Å². The Morgan fingerprint density at radius 2 is 0.875 bits per heavy atom. The van der Waals surface area contributed by atoms with Crippen LogP contribution in [0.5, 0.6) is 0 Å². The Morgan fingerprint density at radius 1 is 0.500 bits per heavy atom. The molecule has 0 fully saturated rings. The van der Waals surface area contributed by atoms with E-state index >= 15 is 0 Å². The van der Waals surface area contributed by atoms with Crippen LogP contribution in [0.2, 0.25) is 0 Å². The minimum absolute atomic E-state index is 0.0197. The molecule has 0 atom stereocenters. The molecule has 0 saturated heterocycles. The second kappa shape index (κ2) is 25.9. The highest BCUT2D eigenvalue weighted by Crippen LogP contribution is 2.13. The molecule has 188 valence electrons. The number of rotatable bonds is 24. The van der Waals surface area contributed by atoms with E-state index in [1.54, 1.807) is 0 Å². The zero-order valence-electron chi connectivity index (χ0n) is 21.3. The van der Waals surface area contributed by atoms with Gasteiger partial charge in [0.1, 0.15) is 0 Å². The maximum Gasteiger partial charge on any atom is 0.305 e. The lowest BCUT2D eigenvalue weighted by atomic mass is 10.0. The van der Waals surface area contributed by atoms with Gasteiger partial charge in [-0.3, -0.25) is 9.59 Å². The summed E-state index contributed by atoms with van der Waals surface area (Å²) in [4.78, 5) is 23.0. The van der Waals surface area contributed by atoms with E-state index in [1.165, 1.54) is 57.8 Å². The first-order valence-electron chi connectivity index (χ1n) is 13.7. The van der Waals surface area contributed by atoms with E-state index in [9.17, 15) is 9.59 Å². The van der Waals surface area contributed by atoms with Gasteiger partial charge in [-0.2, -0.15) is 0 Å². The third-order valence-corrected chi connectivity index (χ3v) is 5.69. The Labute approximate surface area is 198 Å². The van der Waals surface area contributed by atoms with E-state index in [-0.39, 0.29) is 11.9 Å². The molecule has 0 spiro atoms. The van der Waals surface area contributed by atoms with Crippen LogP contribution in [0.3, 0.4) is 0 Å². The van der Waals surface area contributed by atoms with Gasteiger partial charge in [0, 0.05) is 12.8 Å². The van der Waals surface area contributed by atoms with Crippen LogP contribution in [-0.4, -0.2) is 25.2 Å². The SMILES string of the molecule is CCCCOC(=O)CCC/C=C/CCCCCCCCCCCCCC(=O)OCCCC. The maximum atomic E-state index is 11.5. The number of unbranched alkanes of at least 4 members (excludes halogenated alkanes) is 14. The second-order valence-corrected chi connectivity index (χ2v) is 8.94. The Balaban J connectivity index is 3.21. The highest BCUT2D eigenvalue weighted by molar-refractivity contribution is 5.69. The fraction of sp³-hybridized carbons (Fsp3) is 0.857. The summed E-state index contributed by atoms with van der Waals surface area (Å²) in [6.45, 7) is 5.37. The van der Waals surface area contributed by atoms with Crippen LogP contribution in [0.15, 0.2) is 12.2 Å². The van der Waals surface area contributed by atoms with Crippen LogP contribution < -0.4 is 0 Å². The number of carbonyl (C=O) groups excluding carboxylic acids is 2. The average molecular weight is 453 g/mol. The zero-order chi connectivity index (χ0) is 23.5. The summed E-state index contributed by atoms with van der Waals surface area (Å²) in [7, 11) is 0. The summed E-state index contributed by atoms with van der Waals surface area (Å²) < 4.78 is 10.3. The largest absolute Gasteiger partial charge is 0.466 e. The molecule has 0 aromatic heterocycles. The van der Waals surface area contributed by atoms with Crippen molar-refractivity contribution in [2.75, 3.05) is 13.2 Å². The highest BCUT2D eigenvalue weighted by Gasteiger charge is 2.02. The van der Waals surface area contributed by atoms with Crippen molar-refractivity contribution in [2.24, 2.45) is 0 Å². The van der Waals surface area contributed by atoms with Crippen molar-refractivity contribution in [3.8, 4) is 0 Å². The third-order valence-electron chi connectivity index (χ3n) is 5.69. The molecule has 0 bridgehead atoms. The number of hydrogen-bond donors (Lipinski definition) is 0. The van der Waals surface area contributed by atoms with Crippen molar-refractivity contribution >= 4 is 11.9 Å². The number of carbonyl (C=O) groups is 2. The Kier molecular flexibility index (Phi) is 24.9. The van der Waals surface area contributed by atoms with Gasteiger partial charge in [-0.1, -0.05) is 96.6 Å². The summed E-state index contributed by atoms with van der Waals surface area (Å²) in [6.07, 6.45) is 26.7. The molecule has 0 radical (unpaired) electrons. The molecule has 0 aliphatic rings. The summed E-state index contributed by atoms with van der Waals surface area (Å²) in [5.41, 5.74) is 0. The molecule has 0 heterocycles. The Morgan fingerprint density at radius 3 is 1.34 bits per heavy atom. The number of ether oxygens (including phenoxy) is 2. The molecule has 0 N–H and O–H groups in total. The third kappa shape index (κ3) is 24.9. The molecule has 0 unspecified atom stereocenters. The van der Waals surface area contributed by atoms with E-state index in [0.717, 1.165) is 57.8 Å². The highest BCUT2D eigenvalue weighted by atomic mass is 16.5. The summed E-state index contributed by atoms with van der Waals surface area (Å²) in [5, 5.41) is 0. The molecule has 4 nitrogen and oxygen atoms in total. The fourth-order valence-electron chi connectivity index (χ4n) is 3.53. The van der Waals surface area contributed by atoms with Crippen LogP contribution in [0.4, 0.5) is 0 Å². The van der Waals surface area contributed by atoms with Crippen LogP contribution in [0.1, 0.15) is 142 Å². The van der Waals surface area contributed by atoms with Gasteiger partial charge in [0.05, 0.1) is 13.2 Å². The van der Waals surface area contributed by atoms with Gasteiger partial charge in [-0.05, 0) is 44.9 Å². The van der Waals surface area contributed by atoms with E-state index in [4.69, 9.17) is 9.47 Å². The molecule has 0 rings (SSSR count). The average Bonchev–Trinajstić information content (AvgIpc) is 2.78. The minimum atomic E-state index is -0.0494. The first kappa shape index (κ1) is 30.7. The van der Waals surface area contributed by atoms with Crippen molar-refractivity contribution in [2.45, 2.75) is 142 Å². The van der Waals surface area contributed by atoms with Gasteiger partial charge in [0.15, 0.2) is 0 Å². The first-order chi connectivity index (χ1) is 15.7. The standard InChI is InChI=1S/C28H52O4/c1-3-5-25-31-27(29)23-21-19-17-15-13-11-9-7-8-10-12-14-16-18-20-22-24-28(30)32-26-6-4-2/h15,17H,3-14,16,18-26H2,1-2H3/b17-15+. The summed E-state index contributed by atoms with van der Waals surface area (Å²) >= 11 is 0. The molecule has 0 saturated carbocycles. The van der Waals surface area contributed by atoms with Crippen LogP contribution in [0.25, 0.3) is 0 Å². The smallest absolute Gasteiger partial charge is 0.305 e. The topological polar surface area (TPSA) is 52.6 Å². The molecular formula is C28H52O4. The number of esters is 2. The predicted molar refractivity (Wildman–Crippen MR) is 135 cm³/mol. The quantitative estimate of drug-likeness (QED) is 0.0837. The Hall–Kier alpha value is -1.32. The molecule has 0 aromatic carbocycles. The monoisotopic (exact) mass is 452 g/mol. The minimum Gasteiger partial charge on any atom is -0.466 e. The molecular weight excluding hydrogens is 400 g/mol. The number of allylic oxidation sites excluding steroid dienone is 2. The maximum absolute atomic E-state index is 11.5. The fourth-order valence-corrected chi connectivity index (χ4v) is 3.53. The van der Waals surface area contributed by atoms with Gasteiger partial charge >= 0.3 is 11.9 Å². The van der Waals surface area contributed by atoms with Gasteiger partial charge in [0.2, 0.25) is 0 Å². The van der Waals surface area contributed by atoms with Gasteiger partial charge < -0.3 is 9.47 Å². The predicted octanol–water partition coefficient (Wildman–Crippen LogP) is 8.47. The van der Waals surface area contributed by atoms with Crippen molar-refractivity contribution in [1.82, 2.24) is 0 Å². The zero-order valence-corrected chi connectivity index (χ0v) is 21.3. The molecule has 0 aliphatic heterocycles. The molecule has 0 amide bonds. The first-order valence-corrected chi connectivity index (χ1v) is 13.7. The summed E-state index contributed by atoms with van der Waals surface area (Å²) in [5.74, 6) is -0.0692. The van der Waals surface area contributed by atoms with Crippen LogP contribution in [0, 0.1) is 0 Å². The van der Waals surface area contributed by atoms with Crippen molar-refractivity contribution < 1.29 is 19.1 Å². The van der Waals surface area contributed by atoms with E-state index < -0.39 is 0 Å². The van der Waals surface area contributed by atoms with Gasteiger partial charge in [-0.15, -0.1) is 0 Å². The normalized spacial score (nSPS) is 11.2. The number of hydrogen-bond acceptors (Lipinski definition) is 4. The van der Waals surface area contributed by atoms with E-state index in [0.29, 0.717) is 26.1 Å². The Bertz CT molecular complexity index is 445. The van der Waals surface area contributed by atoms with Crippen LogP contribution in [-0.2, 0) is 19.1 Å². The van der Waals surface area contributed by atoms with Crippen molar-refractivity contribution in [1.29, 1.82) is 0 Å². The van der Waals surface area contributed by atoms with Gasteiger partial charge in [0.25, 0.3) is 0 Å². The molecule has 0 aliphatic carbocycles. The second-order valence-electron chi connectivity index (χ2n) is 8.94. The molecule has 0 aromatic rings. The van der Waals surface area contributed by atoms with Crippen LogP contribution >= 0.6 is 0 Å². The lowest BCUT2D eigenvalue weighted by Gasteiger charge is -2.04. The lowest BCUT2D eigenvalue weighted by molar-refractivity contribution is -0.144. The van der Waals surface area contributed by atoms with E-state index in [1.807, 2.05) is 0 Å². The van der Waals surface area contributed by atoms with Crippen molar-refractivity contribution in [3.05, 3.63) is 12.2 Å². The molecule has 4 heteroatoms. The molecule has 32 heavy (non-hydrogen) atoms. The van der Waals surface area contributed by atoms with Crippen molar-refractivity contribution in [3.63, 3.8) is 0 Å². The summed E-state index contributed by atoms with van der Waals surface area (Å²) in [6, 6.07) is 0. The lowest BCUT2D eigenvalue weighted by Crippen LogP contribution is -2.05.